The van der Waals surface area contributed by atoms with Crippen molar-refractivity contribution in [2.75, 3.05) is 13.1 Å². The second-order valence-corrected chi connectivity index (χ2v) is 2.18. The van der Waals surface area contributed by atoms with E-state index in [1.807, 2.05) is 0 Å². The molecule has 0 amide bonds. The zero-order valence-electron chi connectivity index (χ0n) is 4.94. The Bertz CT molecular complexity index is 108. The molecule has 3 heteroatoms. The number of rotatable bonds is 0. The average Bonchev–Trinajstić information content (AvgIpc) is 1.77. The van der Waals surface area contributed by atoms with Crippen LogP contribution in [0.15, 0.2) is 4.99 Å². The molecule has 0 aromatic rings. The van der Waals surface area contributed by atoms with Crippen LogP contribution in [0.2, 0.25) is 0 Å². The van der Waals surface area contributed by atoms with E-state index in [0.717, 1.165) is 13.1 Å². The topological polar surface area (TPSA) is 48.2 Å². The van der Waals surface area contributed by atoms with Crippen LogP contribution in [-0.4, -0.2) is 19.0 Å². The van der Waals surface area contributed by atoms with Crippen molar-refractivity contribution >= 4 is 5.96 Å². The van der Waals surface area contributed by atoms with Gasteiger partial charge in [0.1, 0.15) is 0 Å². The smallest absolute Gasteiger partial charge is 0.210 e. The fraction of sp³-hybridized carbons (Fsp3) is 0.800. The van der Waals surface area contributed by atoms with Gasteiger partial charge in [-0.05, 0) is 5.92 Å². The molecule has 3 nitrogen and oxygen atoms in total. The van der Waals surface area contributed by atoms with E-state index in [9.17, 15) is 0 Å². The molecule has 0 bridgehead atoms. The van der Waals surface area contributed by atoms with Crippen molar-refractivity contribution < 1.29 is 0 Å². The minimum atomic E-state index is 0.336. The van der Waals surface area contributed by atoms with E-state index in [-0.39, 0.29) is 0 Å². The van der Waals surface area contributed by atoms with Crippen LogP contribution >= 0.6 is 0 Å². The fourth-order valence-corrected chi connectivity index (χ4v) is 0.638. The molecule has 1 aliphatic heterocycles. The van der Waals surface area contributed by atoms with Gasteiger partial charge in [-0.2, -0.15) is 0 Å². The Balaban J connectivity index is 2.42. The number of hydrogen-bond donors (Lipinski definition) is 1. The third-order valence-corrected chi connectivity index (χ3v) is 1.18. The number of guanidine groups is 1. The highest BCUT2D eigenvalue weighted by molar-refractivity contribution is 5.77. The first-order valence-electron chi connectivity index (χ1n) is 2.79. The lowest BCUT2D eigenvalue weighted by molar-refractivity contribution is 0.550. The van der Waals surface area contributed by atoms with Crippen LogP contribution < -0.4 is 11.1 Å². The molecule has 0 aromatic heterocycles. The summed E-state index contributed by atoms with van der Waals surface area (Å²) in [6, 6.07) is 0. The van der Waals surface area contributed by atoms with Gasteiger partial charge >= 0.3 is 0 Å². The third kappa shape index (κ3) is 1.12. The molecule has 0 aromatic carbocycles. The molecule has 1 radical (unpaired) electrons. The van der Waals surface area contributed by atoms with Crippen LogP contribution in [-0.2, 0) is 0 Å². The van der Waals surface area contributed by atoms with Crippen molar-refractivity contribution in [1.29, 1.82) is 0 Å². The lowest BCUT2D eigenvalue weighted by Gasteiger charge is -2.15. The molecule has 0 fully saturated rings. The summed E-state index contributed by atoms with van der Waals surface area (Å²) in [5.41, 5.74) is 7.00. The second-order valence-electron chi connectivity index (χ2n) is 2.18. The summed E-state index contributed by atoms with van der Waals surface area (Å²) in [4.78, 5) is 3.88. The highest BCUT2D eigenvalue weighted by Gasteiger charge is 2.06. The van der Waals surface area contributed by atoms with E-state index in [2.05, 4.69) is 17.2 Å². The lowest BCUT2D eigenvalue weighted by Crippen LogP contribution is -2.34. The molecule has 0 aliphatic carbocycles. The maximum absolute atomic E-state index is 7.00. The quantitative estimate of drug-likeness (QED) is 0.466. The summed E-state index contributed by atoms with van der Waals surface area (Å²) >= 11 is 0. The molecule has 1 unspecified atom stereocenters. The van der Waals surface area contributed by atoms with E-state index < -0.39 is 0 Å². The Morgan fingerprint density at radius 1 is 1.88 bits per heavy atom. The largest absolute Gasteiger partial charge is 0.355 e. The number of nitrogens with zero attached hydrogens (tertiary/aromatic N) is 1. The van der Waals surface area contributed by atoms with Crippen molar-refractivity contribution in [3.8, 4) is 0 Å². The van der Waals surface area contributed by atoms with E-state index in [1.54, 1.807) is 0 Å². The number of aliphatic imine (C=N–C) groups is 1. The zero-order valence-corrected chi connectivity index (χ0v) is 4.94. The van der Waals surface area contributed by atoms with Gasteiger partial charge in [-0.3, -0.25) is 10.7 Å². The summed E-state index contributed by atoms with van der Waals surface area (Å²) in [7, 11) is 0. The molecular formula is C5H10N3. The number of nitrogens with one attached hydrogen (secondary N) is 2. The summed E-state index contributed by atoms with van der Waals surface area (Å²) < 4.78 is 0. The first-order valence-corrected chi connectivity index (χ1v) is 2.79. The van der Waals surface area contributed by atoms with Gasteiger partial charge in [0.2, 0.25) is 5.96 Å². The highest BCUT2D eigenvalue weighted by atomic mass is 15.1. The Hall–Kier alpha value is -0.730. The van der Waals surface area contributed by atoms with Crippen molar-refractivity contribution in [1.82, 2.24) is 11.1 Å². The monoisotopic (exact) mass is 112 g/mol. The van der Waals surface area contributed by atoms with Crippen LogP contribution in [0.4, 0.5) is 0 Å². The van der Waals surface area contributed by atoms with Gasteiger partial charge in [0, 0.05) is 13.1 Å². The van der Waals surface area contributed by atoms with Gasteiger partial charge < -0.3 is 5.32 Å². The summed E-state index contributed by atoms with van der Waals surface area (Å²) in [6.07, 6.45) is 0. The lowest BCUT2D eigenvalue weighted by atomic mass is 10.2. The maximum Gasteiger partial charge on any atom is 0.210 e. The van der Waals surface area contributed by atoms with Crippen LogP contribution in [0.5, 0.6) is 0 Å². The van der Waals surface area contributed by atoms with E-state index in [0.29, 0.717) is 11.9 Å². The van der Waals surface area contributed by atoms with Crippen molar-refractivity contribution in [3.05, 3.63) is 0 Å². The Morgan fingerprint density at radius 2 is 2.62 bits per heavy atom. The van der Waals surface area contributed by atoms with Crippen LogP contribution in [0, 0.1) is 5.92 Å². The van der Waals surface area contributed by atoms with Crippen LogP contribution in [0.1, 0.15) is 6.92 Å². The minimum Gasteiger partial charge on any atom is -0.355 e. The molecule has 1 rings (SSSR count). The van der Waals surface area contributed by atoms with E-state index >= 15 is 0 Å². The van der Waals surface area contributed by atoms with Crippen LogP contribution in [0.3, 0.4) is 0 Å². The maximum atomic E-state index is 7.00. The molecule has 1 heterocycles. The minimum absolute atomic E-state index is 0.336. The standard InChI is InChI=1S/C5H10N3/c1-4-2-7-5(6)8-3-4/h4,6H,2-3H2,1H3,(H,7,8). The highest BCUT2D eigenvalue weighted by Crippen LogP contribution is 1.96. The molecule has 0 saturated heterocycles. The Labute approximate surface area is 49.0 Å². The van der Waals surface area contributed by atoms with Gasteiger partial charge in [-0.1, -0.05) is 6.92 Å². The number of hydrogen-bond acceptors (Lipinski definition) is 2. The van der Waals surface area contributed by atoms with Crippen molar-refractivity contribution in [2.45, 2.75) is 6.92 Å². The van der Waals surface area contributed by atoms with Crippen molar-refractivity contribution in [2.24, 2.45) is 10.9 Å². The SMILES string of the molecule is CC1CN=C([NH])NC1. The molecule has 45 valence electrons. The molecule has 8 heavy (non-hydrogen) atoms. The predicted octanol–water partition coefficient (Wildman–Crippen LogP) is -0.135. The zero-order chi connectivity index (χ0) is 5.98. The van der Waals surface area contributed by atoms with E-state index in [1.165, 1.54) is 0 Å². The molecule has 0 saturated carbocycles. The van der Waals surface area contributed by atoms with Gasteiger partial charge in [-0.15, -0.1) is 0 Å². The molecular weight excluding hydrogens is 102 g/mol. The first-order chi connectivity index (χ1) is 3.79. The van der Waals surface area contributed by atoms with Gasteiger partial charge in [0.15, 0.2) is 0 Å². The predicted molar refractivity (Wildman–Crippen MR) is 32.6 cm³/mol. The van der Waals surface area contributed by atoms with Crippen LogP contribution in [0.25, 0.3) is 0 Å². The van der Waals surface area contributed by atoms with Gasteiger partial charge in [0.25, 0.3) is 0 Å². The summed E-state index contributed by atoms with van der Waals surface area (Å²) in [6.45, 7) is 3.83. The van der Waals surface area contributed by atoms with Crippen molar-refractivity contribution in [3.63, 3.8) is 0 Å². The Morgan fingerprint density at radius 3 is 3.00 bits per heavy atom. The molecule has 0 spiro atoms. The molecule has 2 N–H and O–H groups in total. The second kappa shape index (κ2) is 2.03. The summed E-state index contributed by atoms with van der Waals surface area (Å²) in [5.74, 6) is 0.937. The fourth-order valence-electron chi connectivity index (χ4n) is 0.638. The normalized spacial score (nSPS) is 28.6. The molecule has 1 aliphatic rings. The molecule has 1 atom stereocenters. The van der Waals surface area contributed by atoms with Gasteiger partial charge in [0.05, 0.1) is 0 Å². The Kier molecular flexibility index (Phi) is 1.37. The first kappa shape index (κ1) is 5.41. The average molecular weight is 112 g/mol. The third-order valence-electron chi connectivity index (χ3n) is 1.18. The van der Waals surface area contributed by atoms with E-state index in [4.69, 9.17) is 5.73 Å². The summed E-state index contributed by atoms with van der Waals surface area (Å²) in [5, 5.41) is 2.85. The van der Waals surface area contributed by atoms with Gasteiger partial charge in [-0.25, -0.2) is 0 Å².